The van der Waals surface area contributed by atoms with Crippen molar-refractivity contribution >= 4 is 0 Å². The first-order valence-corrected chi connectivity index (χ1v) is 4.80. The van der Waals surface area contributed by atoms with Crippen molar-refractivity contribution < 1.29 is 9.84 Å². The highest BCUT2D eigenvalue weighted by Gasteiger charge is 2.79. The molecule has 1 saturated carbocycles. The Balaban J connectivity index is 2.25. The first kappa shape index (κ1) is 8.98. The third-order valence-corrected chi connectivity index (χ3v) is 3.69. The van der Waals surface area contributed by atoms with Crippen molar-refractivity contribution in [2.75, 3.05) is 0 Å². The van der Waals surface area contributed by atoms with E-state index in [9.17, 15) is 5.11 Å². The highest BCUT2D eigenvalue weighted by atomic mass is 16.8. The highest BCUT2D eigenvalue weighted by molar-refractivity contribution is 5.29. The topological polar surface area (TPSA) is 56.5 Å². The van der Waals surface area contributed by atoms with Crippen LogP contribution in [0.15, 0.2) is 0 Å². The van der Waals surface area contributed by atoms with Crippen LogP contribution in [0.3, 0.4) is 0 Å². The van der Waals surface area contributed by atoms with Gasteiger partial charge in [0.25, 0.3) is 0 Å². The van der Waals surface area contributed by atoms with E-state index in [1.807, 2.05) is 6.92 Å². The fraction of sp³-hybridized carbons (Fsp3) is 0.900. The lowest BCUT2D eigenvalue weighted by Crippen LogP contribution is -2.26. The van der Waals surface area contributed by atoms with Gasteiger partial charge in [-0.05, 0) is 18.3 Å². The molecule has 3 nitrogen and oxygen atoms in total. The number of hydrogen-bond donors (Lipinski definition) is 1. The van der Waals surface area contributed by atoms with Gasteiger partial charge in [-0.1, -0.05) is 20.8 Å². The molecule has 72 valence electrons. The average Bonchev–Trinajstić information content (AvgIpc) is 2.62. The zero-order valence-electron chi connectivity index (χ0n) is 8.24. The van der Waals surface area contributed by atoms with Crippen LogP contribution in [0.25, 0.3) is 0 Å². The number of hydrogen-bond acceptors (Lipinski definition) is 3. The lowest BCUT2D eigenvalue weighted by Gasteiger charge is -2.23. The predicted molar refractivity (Wildman–Crippen MR) is 46.5 cm³/mol. The molecule has 2 rings (SSSR count). The van der Waals surface area contributed by atoms with Gasteiger partial charge in [-0.15, -0.1) is 0 Å². The van der Waals surface area contributed by atoms with Gasteiger partial charge < -0.3 is 9.84 Å². The van der Waals surface area contributed by atoms with Crippen molar-refractivity contribution in [1.29, 1.82) is 5.26 Å². The van der Waals surface area contributed by atoms with Gasteiger partial charge in [0.05, 0.1) is 0 Å². The molecular weight excluding hydrogens is 166 g/mol. The second-order valence-electron chi connectivity index (χ2n) is 4.64. The van der Waals surface area contributed by atoms with Gasteiger partial charge >= 0.3 is 0 Å². The second-order valence-corrected chi connectivity index (χ2v) is 4.64. The van der Waals surface area contributed by atoms with E-state index in [2.05, 4.69) is 19.9 Å². The van der Waals surface area contributed by atoms with Crippen molar-refractivity contribution in [2.45, 2.75) is 38.6 Å². The molecular formula is C10H15NO2. The number of ether oxygens (including phenoxy) is 1. The van der Waals surface area contributed by atoms with E-state index in [1.165, 1.54) is 0 Å². The smallest absolute Gasteiger partial charge is 0.214 e. The summed E-state index contributed by atoms with van der Waals surface area (Å²) >= 11 is 0. The minimum atomic E-state index is -1.14. The van der Waals surface area contributed by atoms with E-state index in [4.69, 9.17) is 10.00 Å². The number of fused-ring (bicyclic) bond motifs is 1. The summed E-state index contributed by atoms with van der Waals surface area (Å²) in [6.07, 6.45) is 0.679. The van der Waals surface area contributed by atoms with Gasteiger partial charge in [0, 0.05) is 5.92 Å². The van der Waals surface area contributed by atoms with E-state index >= 15 is 0 Å². The number of nitriles is 1. The van der Waals surface area contributed by atoms with Crippen molar-refractivity contribution in [2.24, 2.45) is 17.8 Å². The second kappa shape index (κ2) is 2.26. The minimum Gasteiger partial charge on any atom is -0.362 e. The summed E-state index contributed by atoms with van der Waals surface area (Å²) < 4.78 is 5.16. The Morgan fingerprint density at radius 1 is 1.62 bits per heavy atom. The molecule has 3 heteroatoms. The summed E-state index contributed by atoms with van der Waals surface area (Å²) in [7, 11) is 0. The Labute approximate surface area is 78.3 Å². The lowest BCUT2D eigenvalue weighted by atomic mass is 9.86. The maximum absolute atomic E-state index is 9.96. The van der Waals surface area contributed by atoms with Gasteiger partial charge in [0.1, 0.15) is 6.07 Å². The van der Waals surface area contributed by atoms with E-state index in [0.29, 0.717) is 18.3 Å². The van der Waals surface area contributed by atoms with Gasteiger partial charge in [-0.3, -0.25) is 0 Å². The molecule has 2 fully saturated rings. The third-order valence-electron chi connectivity index (χ3n) is 3.69. The Kier molecular flexibility index (Phi) is 1.56. The highest BCUT2D eigenvalue weighted by Crippen LogP contribution is 2.63. The van der Waals surface area contributed by atoms with Crippen molar-refractivity contribution in [1.82, 2.24) is 0 Å². The van der Waals surface area contributed by atoms with Crippen LogP contribution >= 0.6 is 0 Å². The fourth-order valence-corrected chi connectivity index (χ4v) is 2.65. The van der Waals surface area contributed by atoms with Crippen LogP contribution in [0.4, 0.5) is 0 Å². The summed E-state index contributed by atoms with van der Waals surface area (Å²) in [5.41, 5.74) is -0.874. The Morgan fingerprint density at radius 2 is 2.23 bits per heavy atom. The molecule has 1 aliphatic heterocycles. The van der Waals surface area contributed by atoms with E-state index in [-0.39, 0.29) is 5.92 Å². The standard InChI is InChI=1S/C10H15NO2/c1-6(2)8-4-9(5-11)10(12,13-9)7(8)3/h6-8,12H,4H2,1-3H3/t7?,8-,9?,10?/m1/s1. The van der Waals surface area contributed by atoms with Crippen molar-refractivity contribution in [3.05, 3.63) is 0 Å². The molecule has 0 aromatic rings. The molecule has 0 amide bonds. The summed E-state index contributed by atoms with van der Waals surface area (Å²) in [5.74, 6) is -0.164. The number of nitrogens with zero attached hydrogens (tertiary/aromatic N) is 1. The predicted octanol–water partition coefficient (Wildman–Crippen LogP) is 1.28. The maximum atomic E-state index is 9.96. The SMILES string of the molecule is CC(C)[C@H]1CC2(C#N)OC2(O)C1C. The normalized spacial score (nSPS) is 53.2. The fourth-order valence-electron chi connectivity index (χ4n) is 2.65. The molecule has 1 saturated heterocycles. The first-order chi connectivity index (χ1) is 5.97. The summed E-state index contributed by atoms with van der Waals surface area (Å²) in [5, 5.41) is 18.9. The molecule has 1 N–H and O–H groups in total. The summed E-state index contributed by atoms with van der Waals surface area (Å²) in [6, 6.07) is 2.10. The van der Waals surface area contributed by atoms with E-state index < -0.39 is 11.4 Å². The molecule has 0 aromatic carbocycles. The number of epoxide rings is 1. The monoisotopic (exact) mass is 181 g/mol. The summed E-state index contributed by atoms with van der Waals surface area (Å²) in [6.45, 7) is 6.22. The molecule has 1 aliphatic carbocycles. The molecule has 1 heterocycles. The Hall–Kier alpha value is -0.590. The minimum absolute atomic E-state index is 0.0761. The lowest BCUT2D eigenvalue weighted by molar-refractivity contribution is -0.0369. The zero-order valence-corrected chi connectivity index (χ0v) is 8.24. The van der Waals surface area contributed by atoms with Crippen LogP contribution in [-0.2, 0) is 4.74 Å². The molecule has 13 heavy (non-hydrogen) atoms. The number of aliphatic hydroxyl groups is 1. The van der Waals surface area contributed by atoms with Crippen molar-refractivity contribution in [3.63, 3.8) is 0 Å². The van der Waals surface area contributed by atoms with Crippen molar-refractivity contribution in [3.8, 4) is 6.07 Å². The number of rotatable bonds is 1. The molecule has 0 spiro atoms. The third kappa shape index (κ3) is 0.853. The molecule has 3 unspecified atom stereocenters. The maximum Gasteiger partial charge on any atom is 0.214 e. The summed E-state index contributed by atoms with van der Waals surface area (Å²) in [4.78, 5) is 0. The van der Waals surface area contributed by atoms with E-state index in [1.54, 1.807) is 0 Å². The zero-order chi connectivity index (χ0) is 9.85. The van der Waals surface area contributed by atoms with Crippen LogP contribution in [0, 0.1) is 29.1 Å². The van der Waals surface area contributed by atoms with E-state index in [0.717, 1.165) is 0 Å². The first-order valence-electron chi connectivity index (χ1n) is 4.80. The molecule has 4 atom stereocenters. The van der Waals surface area contributed by atoms with Gasteiger partial charge in [-0.2, -0.15) is 5.26 Å². The average molecular weight is 181 g/mol. The Morgan fingerprint density at radius 3 is 2.54 bits per heavy atom. The van der Waals surface area contributed by atoms with Crippen LogP contribution < -0.4 is 0 Å². The molecule has 0 radical (unpaired) electrons. The largest absolute Gasteiger partial charge is 0.362 e. The molecule has 0 bridgehead atoms. The van der Waals surface area contributed by atoms with Crippen LogP contribution in [0.5, 0.6) is 0 Å². The quantitative estimate of drug-likeness (QED) is 0.620. The van der Waals surface area contributed by atoms with Crippen LogP contribution in [0.1, 0.15) is 27.2 Å². The van der Waals surface area contributed by atoms with Gasteiger partial charge in [0.15, 0.2) is 0 Å². The van der Waals surface area contributed by atoms with Gasteiger partial charge in [0.2, 0.25) is 11.4 Å². The van der Waals surface area contributed by atoms with Crippen LogP contribution in [-0.4, -0.2) is 16.5 Å². The molecule has 0 aromatic heterocycles. The Bertz CT molecular complexity index is 283. The molecule has 2 aliphatic rings. The van der Waals surface area contributed by atoms with Crippen LogP contribution in [0.2, 0.25) is 0 Å². The van der Waals surface area contributed by atoms with Gasteiger partial charge in [-0.25, -0.2) is 0 Å².